The summed E-state index contributed by atoms with van der Waals surface area (Å²) in [5.74, 6) is -0.345. The standard InChI is InChI=1S/C41H66O14/c1-18-12-21-32(36(4,5)55-34-29(49)27(47)26(46)22(14-42)51-34)54-41(53-21)16-38(7)31-19(43)13-23-35(2,3)24(52-33-28(48)25(45)20(44)15-50-33)8-9-39(23)17-40(31,39)11-10-37(38,6)30(18)41/h18-34,42-49H,8-17H2,1-7H3/t18-,19+,20-,21-,22+,23+,24+,25+,26+,27-,28-,29+,30-,31?,32?,33?,34-,37-,38+,39-,40+,41-/m1/s1. The zero-order valence-corrected chi connectivity index (χ0v) is 33.4. The van der Waals surface area contributed by atoms with Crippen LogP contribution in [0.5, 0.6) is 0 Å². The molecule has 22 atom stereocenters. The molecule has 55 heavy (non-hydrogen) atoms. The second kappa shape index (κ2) is 12.5. The van der Waals surface area contributed by atoms with Gasteiger partial charge in [0.2, 0.25) is 0 Å². The van der Waals surface area contributed by atoms with Crippen molar-refractivity contribution >= 4 is 0 Å². The molecule has 14 heteroatoms. The Hall–Kier alpha value is -0.560. The second-order valence-corrected chi connectivity index (χ2v) is 21.2. The van der Waals surface area contributed by atoms with Gasteiger partial charge >= 0.3 is 0 Å². The van der Waals surface area contributed by atoms with Crippen molar-refractivity contribution in [2.24, 2.45) is 50.7 Å². The molecule has 5 aliphatic carbocycles. The van der Waals surface area contributed by atoms with Crippen molar-refractivity contribution in [3.63, 3.8) is 0 Å². The van der Waals surface area contributed by atoms with E-state index in [1.54, 1.807) is 0 Å². The maximum absolute atomic E-state index is 12.6. The third-order valence-electron chi connectivity index (χ3n) is 18.0. The van der Waals surface area contributed by atoms with Crippen molar-refractivity contribution in [3.8, 4) is 0 Å². The third-order valence-corrected chi connectivity index (χ3v) is 18.0. The number of aliphatic hydroxyl groups is 8. The maximum atomic E-state index is 12.6. The lowest BCUT2D eigenvalue weighted by atomic mass is 9.41. The van der Waals surface area contributed by atoms with Crippen LogP contribution in [0.2, 0.25) is 0 Å². The quantitative estimate of drug-likeness (QED) is 0.176. The molecule has 4 aliphatic heterocycles. The summed E-state index contributed by atoms with van der Waals surface area (Å²) in [6.07, 6.45) is -6.67. The van der Waals surface area contributed by atoms with Crippen molar-refractivity contribution in [2.75, 3.05) is 13.2 Å². The molecule has 0 amide bonds. The van der Waals surface area contributed by atoms with E-state index in [9.17, 15) is 40.9 Å². The number of aliphatic hydroxyl groups excluding tert-OH is 8. The lowest BCUT2D eigenvalue weighted by Crippen LogP contribution is -2.63. The summed E-state index contributed by atoms with van der Waals surface area (Å²) in [7, 11) is 0. The van der Waals surface area contributed by atoms with Crippen LogP contribution in [-0.4, -0.2) is 145 Å². The van der Waals surface area contributed by atoms with Gasteiger partial charge in [-0.3, -0.25) is 0 Å². The van der Waals surface area contributed by atoms with Crippen LogP contribution in [0.3, 0.4) is 0 Å². The molecular weight excluding hydrogens is 716 g/mol. The topological polar surface area (TPSA) is 217 Å². The first-order valence-electron chi connectivity index (χ1n) is 21.0. The number of fused-ring (bicyclic) bond motifs is 4. The Kier molecular flexibility index (Phi) is 9.06. The highest BCUT2D eigenvalue weighted by atomic mass is 16.8. The molecule has 4 heterocycles. The van der Waals surface area contributed by atoms with Crippen molar-refractivity contribution in [1.29, 1.82) is 0 Å². The molecule has 0 aromatic rings. The fraction of sp³-hybridized carbons (Fsp3) is 1.00. The maximum Gasteiger partial charge on any atom is 0.187 e. The average molecular weight is 783 g/mol. The van der Waals surface area contributed by atoms with Gasteiger partial charge in [0, 0.05) is 12.3 Å². The van der Waals surface area contributed by atoms with Crippen molar-refractivity contribution < 1.29 is 69.3 Å². The Morgan fingerprint density at radius 3 is 2.15 bits per heavy atom. The molecule has 2 bridgehead atoms. The SMILES string of the molecule is C[C@@H]1C[C@H]2O[C@]3(C[C@@]4(C)C5[C@@H](O)C[C@H]6C(C)(C)[C@@H](OC7OC[C@@H](O)[C@H](O)[C@H]7O)CC[C@@]67C[C@@]57CC[C@]4(C)[C@@H]13)OC2C(C)(C)O[C@H]1O[C@@H](CO)[C@H](O)[C@@H](O)[C@@H]1O. The molecule has 0 aromatic heterocycles. The normalized spacial score (nSPS) is 60.6. The summed E-state index contributed by atoms with van der Waals surface area (Å²) in [6.45, 7) is 14.6. The summed E-state index contributed by atoms with van der Waals surface area (Å²) < 4.78 is 38.6. The first-order valence-corrected chi connectivity index (χ1v) is 21.0. The Morgan fingerprint density at radius 2 is 1.44 bits per heavy atom. The Labute approximate surface area is 323 Å². The highest BCUT2D eigenvalue weighted by Crippen LogP contribution is 2.90. The minimum atomic E-state index is -1.55. The van der Waals surface area contributed by atoms with Crippen LogP contribution in [0.15, 0.2) is 0 Å². The van der Waals surface area contributed by atoms with Crippen LogP contribution in [0, 0.1) is 50.7 Å². The van der Waals surface area contributed by atoms with Crippen molar-refractivity contribution in [2.45, 2.75) is 191 Å². The van der Waals surface area contributed by atoms with E-state index in [0.717, 1.165) is 38.5 Å². The smallest absolute Gasteiger partial charge is 0.187 e. The van der Waals surface area contributed by atoms with E-state index in [1.165, 1.54) is 0 Å². The highest BCUT2D eigenvalue weighted by Gasteiger charge is 2.87. The molecule has 9 fully saturated rings. The van der Waals surface area contributed by atoms with E-state index >= 15 is 0 Å². The molecule has 9 aliphatic rings. The first kappa shape index (κ1) is 39.9. The summed E-state index contributed by atoms with van der Waals surface area (Å²) in [5.41, 5.74) is -1.87. The van der Waals surface area contributed by atoms with Gasteiger partial charge in [-0.05, 0) is 104 Å². The summed E-state index contributed by atoms with van der Waals surface area (Å²) in [5, 5.41) is 85.1. The fourth-order valence-electron chi connectivity index (χ4n) is 15.5. The van der Waals surface area contributed by atoms with Crippen LogP contribution in [-0.2, 0) is 28.4 Å². The highest BCUT2D eigenvalue weighted by molar-refractivity contribution is 5.34. The first-order chi connectivity index (χ1) is 25.6. The number of hydrogen-bond donors (Lipinski definition) is 8. The van der Waals surface area contributed by atoms with Gasteiger partial charge in [-0.15, -0.1) is 0 Å². The van der Waals surface area contributed by atoms with Crippen molar-refractivity contribution in [1.82, 2.24) is 0 Å². The predicted molar refractivity (Wildman–Crippen MR) is 191 cm³/mol. The molecule has 4 saturated heterocycles. The van der Waals surface area contributed by atoms with Gasteiger partial charge in [0.05, 0.1) is 37.1 Å². The summed E-state index contributed by atoms with van der Waals surface area (Å²) in [4.78, 5) is 0. The van der Waals surface area contributed by atoms with Gasteiger partial charge in [-0.2, -0.15) is 0 Å². The number of hydrogen-bond acceptors (Lipinski definition) is 14. The van der Waals surface area contributed by atoms with Gasteiger partial charge in [0.15, 0.2) is 18.4 Å². The third kappa shape index (κ3) is 5.10. The van der Waals surface area contributed by atoms with E-state index in [1.807, 2.05) is 13.8 Å². The van der Waals surface area contributed by atoms with Crippen LogP contribution < -0.4 is 0 Å². The Bertz CT molecular complexity index is 1510. The molecule has 3 spiro atoms. The van der Waals surface area contributed by atoms with Crippen molar-refractivity contribution in [3.05, 3.63) is 0 Å². The fourth-order valence-corrected chi connectivity index (χ4v) is 15.5. The molecular formula is C41H66O14. The molecule has 9 rings (SSSR count). The van der Waals surface area contributed by atoms with Crippen LogP contribution in [0.25, 0.3) is 0 Å². The van der Waals surface area contributed by atoms with Crippen LogP contribution >= 0.6 is 0 Å². The van der Waals surface area contributed by atoms with Gasteiger partial charge in [-0.25, -0.2) is 0 Å². The minimum Gasteiger partial charge on any atom is -0.394 e. The zero-order chi connectivity index (χ0) is 39.6. The molecule has 314 valence electrons. The van der Waals surface area contributed by atoms with Crippen LogP contribution in [0.1, 0.15) is 99.8 Å². The lowest BCUT2D eigenvalue weighted by Gasteiger charge is -2.64. The molecule has 0 aromatic carbocycles. The predicted octanol–water partition coefficient (Wildman–Crippen LogP) is 0.946. The monoisotopic (exact) mass is 782 g/mol. The molecule has 5 saturated carbocycles. The van der Waals surface area contributed by atoms with E-state index in [2.05, 4.69) is 34.6 Å². The van der Waals surface area contributed by atoms with Crippen LogP contribution in [0.4, 0.5) is 0 Å². The minimum absolute atomic E-state index is 0.0384. The molecule has 14 nitrogen and oxygen atoms in total. The summed E-state index contributed by atoms with van der Waals surface area (Å²) in [6, 6.07) is 0. The summed E-state index contributed by atoms with van der Waals surface area (Å²) >= 11 is 0. The van der Waals surface area contributed by atoms with E-state index in [4.69, 9.17) is 28.4 Å². The zero-order valence-electron chi connectivity index (χ0n) is 33.4. The molecule has 0 radical (unpaired) electrons. The van der Waals surface area contributed by atoms with E-state index in [0.29, 0.717) is 12.8 Å². The van der Waals surface area contributed by atoms with Gasteiger partial charge in [-0.1, -0.05) is 34.6 Å². The largest absolute Gasteiger partial charge is 0.394 e. The second-order valence-electron chi connectivity index (χ2n) is 21.2. The van der Waals surface area contributed by atoms with E-state index < -0.39 is 85.5 Å². The lowest BCUT2D eigenvalue weighted by molar-refractivity contribution is -0.334. The van der Waals surface area contributed by atoms with Gasteiger partial charge < -0.3 is 69.3 Å². The number of ether oxygens (including phenoxy) is 6. The number of rotatable bonds is 6. The van der Waals surface area contributed by atoms with Gasteiger partial charge in [0.1, 0.15) is 48.8 Å². The molecule has 8 N–H and O–H groups in total. The average Bonchev–Trinajstić information content (AvgIpc) is 3.58. The Balaban J connectivity index is 0.974. The molecule has 3 unspecified atom stereocenters. The van der Waals surface area contributed by atoms with E-state index in [-0.39, 0.29) is 69.6 Å². The Morgan fingerprint density at radius 1 is 0.727 bits per heavy atom. The van der Waals surface area contributed by atoms with Gasteiger partial charge in [0.25, 0.3) is 0 Å².